The van der Waals surface area contributed by atoms with Crippen molar-refractivity contribution in [2.45, 2.75) is 11.8 Å². The lowest BCUT2D eigenvalue weighted by Gasteiger charge is -2.30. The molecule has 3 aromatic rings. The molecule has 1 aliphatic rings. The smallest absolute Gasteiger partial charge is 0.272 e. The van der Waals surface area contributed by atoms with Crippen LogP contribution in [0.1, 0.15) is 15.9 Å². The molecule has 0 spiro atoms. The van der Waals surface area contributed by atoms with Gasteiger partial charge in [-0.2, -0.15) is 4.31 Å². The number of nitrogens with zero attached hydrogens (tertiary/aromatic N) is 1. The Kier molecular flexibility index (Phi) is 4.00. The van der Waals surface area contributed by atoms with Crippen LogP contribution < -0.4 is 9.04 Å². The molecule has 5 nitrogen and oxygen atoms in total. The number of aryl methyl sites for hydroxylation is 1. The average molecular weight is 379 g/mol. The van der Waals surface area contributed by atoms with Gasteiger partial charge in [0.05, 0.1) is 17.7 Å². The van der Waals surface area contributed by atoms with Crippen molar-refractivity contribution in [1.29, 1.82) is 0 Å². The lowest BCUT2D eigenvalue weighted by atomic mass is 10.0. The van der Waals surface area contributed by atoms with Gasteiger partial charge in [-0.15, -0.1) is 0 Å². The van der Waals surface area contributed by atoms with E-state index in [4.69, 9.17) is 4.74 Å². The molecule has 0 saturated carbocycles. The summed E-state index contributed by atoms with van der Waals surface area (Å²) in [6.45, 7) is 1.86. The molecule has 1 amide bonds. The predicted molar refractivity (Wildman–Crippen MR) is 104 cm³/mol. The van der Waals surface area contributed by atoms with E-state index in [0.717, 1.165) is 9.87 Å². The number of ether oxygens (including phenoxy) is 1. The summed E-state index contributed by atoms with van der Waals surface area (Å²) in [6.07, 6.45) is 0. The van der Waals surface area contributed by atoms with Gasteiger partial charge in [-0.3, -0.25) is 4.79 Å². The van der Waals surface area contributed by atoms with Gasteiger partial charge < -0.3 is 4.74 Å². The number of sulfonamides is 1. The number of hydrogen-bond acceptors (Lipinski definition) is 4. The Labute approximate surface area is 157 Å². The third-order valence-corrected chi connectivity index (χ3v) is 6.32. The molecule has 4 rings (SSSR count). The molecule has 0 fully saturated rings. The molecule has 0 atom stereocenters. The van der Waals surface area contributed by atoms with E-state index in [1.54, 1.807) is 61.7 Å². The molecule has 27 heavy (non-hydrogen) atoms. The second-order valence-corrected chi connectivity index (χ2v) is 8.08. The highest BCUT2D eigenvalue weighted by Crippen LogP contribution is 2.44. The van der Waals surface area contributed by atoms with Gasteiger partial charge >= 0.3 is 0 Å². The SMILES string of the molecule is COc1ccc2c(c1)-c1ccccc1S(=O)(=O)N2C(=O)c1cccc(C)c1. The largest absolute Gasteiger partial charge is 0.497 e. The van der Waals surface area contributed by atoms with Crippen LogP contribution in [-0.2, 0) is 10.0 Å². The van der Waals surface area contributed by atoms with Gasteiger partial charge in [0, 0.05) is 16.7 Å². The predicted octanol–water partition coefficient (Wildman–Crippen LogP) is 4.02. The number of carbonyl (C=O) groups is 1. The fraction of sp³-hybridized carbons (Fsp3) is 0.0952. The summed E-state index contributed by atoms with van der Waals surface area (Å²) in [5.74, 6) is 0.00502. The van der Waals surface area contributed by atoms with E-state index in [9.17, 15) is 13.2 Å². The number of benzene rings is 3. The van der Waals surface area contributed by atoms with Gasteiger partial charge in [0.1, 0.15) is 5.75 Å². The van der Waals surface area contributed by atoms with Crippen LogP contribution in [0.4, 0.5) is 5.69 Å². The van der Waals surface area contributed by atoms with E-state index in [1.165, 1.54) is 6.07 Å². The minimum absolute atomic E-state index is 0.103. The molecular formula is C21H17NO4S. The van der Waals surface area contributed by atoms with E-state index in [0.29, 0.717) is 28.1 Å². The molecule has 136 valence electrons. The molecule has 0 aromatic heterocycles. The van der Waals surface area contributed by atoms with Gasteiger partial charge in [-0.25, -0.2) is 8.42 Å². The van der Waals surface area contributed by atoms with Crippen molar-refractivity contribution in [3.63, 3.8) is 0 Å². The minimum Gasteiger partial charge on any atom is -0.497 e. The number of rotatable bonds is 2. The summed E-state index contributed by atoms with van der Waals surface area (Å²) in [5, 5.41) is 0. The van der Waals surface area contributed by atoms with Crippen LogP contribution in [0.3, 0.4) is 0 Å². The van der Waals surface area contributed by atoms with E-state index >= 15 is 0 Å². The molecule has 0 radical (unpaired) electrons. The topological polar surface area (TPSA) is 63.7 Å². The first kappa shape index (κ1) is 17.3. The second-order valence-electron chi connectivity index (χ2n) is 6.32. The molecule has 1 heterocycles. The lowest BCUT2D eigenvalue weighted by molar-refractivity contribution is 0.100. The van der Waals surface area contributed by atoms with Crippen LogP contribution in [0.5, 0.6) is 5.75 Å². The minimum atomic E-state index is -4.03. The molecule has 0 aliphatic carbocycles. The standard InChI is InChI=1S/C21H17NO4S/c1-14-6-5-7-15(12-14)21(23)22-19-11-10-16(26-2)13-18(19)17-8-3-4-9-20(17)27(22,24)25/h3-13H,1-2H3. The van der Waals surface area contributed by atoms with Crippen molar-refractivity contribution >= 4 is 21.6 Å². The average Bonchev–Trinajstić information content (AvgIpc) is 2.67. The van der Waals surface area contributed by atoms with Crippen LogP contribution in [0.25, 0.3) is 11.1 Å². The first-order valence-electron chi connectivity index (χ1n) is 8.37. The van der Waals surface area contributed by atoms with Crippen LogP contribution in [0.15, 0.2) is 71.6 Å². The van der Waals surface area contributed by atoms with Gasteiger partial charge in [0.2, 0.25) is 0 Å². The van der Waals surface area contributed by atoms with Crippen LogP contribution in [0.2, 0.25) is 0 Å². The zero-order valence-corrected chi connectivity index (χ0v) is 15.7. The van der Waals surface area contributed by atoms with Gasteiger partial charge in [0.15, 0.2) is 0 Å². The molecule has 0 unspecified atom stereocenters. The van der Waals surface area contributed by atoms with Crippen molar-refractivity contribution in [1.82, 2.24) is 0 Å². The summed E-state index contributed by atoms with van der Waals surface area (Å²) in [5.41, 5.74) is 2.71. The van der Waals surface area contributed by atoms with Crippen molar-refractivity contribution < 1.29 is 17.9 Å². The van der Waals surface area contributed by atoms with Gasteiger partial charge in [-0.1, -0.05) is 35.9 Å². The number of hydrogen-bond donors (Lipinski definition) is 0. The van der Waals surface area contributed by atoms with Crippen LogP contribution in [0, 0.1) is 6.92 Å². The summed E-state index contributed by atoms with van der Waals surface area (Å²) in [6, 6.07) is 18.6. The highest BCUT2D eigenvalue weighted by Gasteiger charge is 2.39. The molecule has 0 bridgehead atoms. The van der Waals surface area contributed by atoms with Crippen LogP contribution >= 0.6 is 0 Å². The zero-order chi connectivity index (χ0) is 19.2. The first-order valence-corrected chi connectivity index (χ1v) is 9.81. The maximum absolute atomic E-state index is 13.3. The molecule has 3 aromatic carbocycles. The summed E-state index contributed by atoms with van der Waals surface area (Å²) in [7, 11) is -2.49. The van der Waals surface area contributed by atoms with Crippen molar-refractivity contribution in [3.05, 3.63) is 77.9 Å². The Balaban J connectivity index is 1.99. The fourth-order valence-electron chi connectivity index (χ4n) is 3.29. The Morgan fingerprint density at radius 2 is 1.70 bits per heavy atom. The highest BCUT2D eigenvalue weighted by molar-refractivity contribution is 7.93. The number of fused-ring (bicyclic) bond motifs is 3. The molecule has 1 aliphatic heterocycles. The van der Waals surface area contributed by atoms with E-state index in [-0.39, 0.29) is 4.90 Å². The Morgan fingerprint density at radius 3 is 2.44 bits per heavy atom. The number of carbonyl (C=O) groups excluding carboxylic acids is 1. The Hall–Kier alpha value is -3.12. The lowest BCUT2D eigenvalue weighted by Crippen LogP contribution is -2.39. The van der Waals surface area contributed by atoms with Crippen molar-refractivity contribution in [3.8, 4) is 16.9 Å². The Morgan fingerprint density at radius 1 is 0.926 bits per heavy atom. The van der Waals surface area contributed by atoms with Gasteiger partial charge in [0.25, 0.3) is 15.9 Å². The summed E-state index contributed by atoms with van der Waals surface area (Å²) in [4.78, 5) is 13.3. The van der Waals surface area contributed by atoms with E-state index < -0.39 is 15.9 Å². The normalized spacial score (nSPS) is 14.2. The third-order valence-electron chi connectivity index (χ3n) is 4.57. The molecule has 6 heteroatoms. The maximum Gasteiger partial charge on any atom is 0.272 e. The number of methoxy groups -OCH3 is 1. The van der Waals surface area contributed by atoms with E-state index in [1.807, 2.05) is 13.0 Å². The van der Waals surface area contributed by atoms with E-state index in [2.05, 4.69) is 0 Å². The number of anilines is 1. The molecule has 0 N–H and O–H groups in total. The van der Waals surface area contributed by atoms with Crippen molar-refractivity contribution in [2.24, 2.45) is 0 Å². The Bertz CT molecular complexity index is 1170. The number of amides is 1. The van der Waals surface area contributed by atoms with Crippen LogP contribution in [-0.4, -0.2) is 21.4 Å². The molecule has 0 saturated heterocycles. The summed E-state index contributed by atoms with van der Waals surface area (Å²) < 4.78 is 32.8. The monoisotopic (exact) mass is 379 g/mol. The second kappa shape index (κ2) is 6.25. The first-order chi connectivity index (χ1) is 12.9. The maximum atomic E-state index is 13.3. The highest BCUT2D eigenvalue weighted by atomic mass is 32.2. The fourth-order valence-corrected chi connectivity index (χ4v) is 4.94. The molecular weight excluding hydrogens is 362 g/mol. The van der Waals surface area contributed by atoms with Crippen molar-refractivity contribution in [2.75, 3.05) is 11.4 Å². The van der Waals surface area contributed by atoms with Gasteiger partial charge in [-0.05, 0) is 43.3 Å². The summed E-state index contributed by atoms with van der Waals surface area (Å²) >= 11 is 0. The quantitative estimate of drug-likeness (QED) is 0.675. The zero-order valence-electron chi connectivity index (χ0n) is 14.8. The third kappa shape index (κ3) is 2.69.